The first kappa shape index (κ1) is 24.2. The third-order valence-electron chi connectivity index (χ3n) is 9.80. The molecule has 11 nitrogen and oxygen atoms in total. The highest BCUT2D eigenvalue weighted by molar-refractivity contribution is 5.99. The van der Waals surface area contributed by atoms with Gasteiger partial charge in [0.05, 0.1) is 12.7 Å². The van der Waals surface area contributed by atoms with Crippen LogP contribution in [-0.4, -0.2) is 70.5 Å². The summed E-state index contributed by atoms with van der Waals surface area (Å²) in [5, 5.41) is 2.98. The van der Waals surface area contributed by atoms with Crippen molar-refractivity contribution in [1.82, 2.24) is 14.9 Å². The van der Waals surface area contributed by atoms with Gasteiger partial charge >= 0.3 is 5.97 Å². The van der Waals surface area contributed by atoms with Crippen molar-refractivity contribution in [2.75, 3.05) is 25.5 Å². The Hall–Kier alpha value is -3.57. The number of aromatic nitrogens is 2. The molecule has 0 radical (unpaired) electrons. The van der Waals surface area contributed by atoms with Crippen LogP contribution in [0.5, 0.6) is 17.4 Å². The molecule has 2 saturated carbocycles. The molecule has 208 valence electrons. The fourth-order valence-electron chi connectivity index (χ4n) is 8.14. The summed E-state index contributed by atoms with van der Waals surface area (Å²) in [5.41, 5.74) is -0.564. The molecule has 2 unspecified atom stereocenters. The van der Waals surface area contributed by atoms with E-state index in [1.807, 2.05) is 6.07 Å². The van der Waals surface area contributed by atoms with Gasteiger partial charge in [-0.25, -0.2) is 9.97 Å². The molecule has 8 rings (SSSR count). The van der Waals surface area contributed by atoms with Gasteiger partial charge in [-0.1, -0.05) is 6.07 Å². The molecule has 1 spiro atoms. The minimum atomic E-state index is -1.35. The van der Waals surface area contributed by atoms with Crippen molar-refractivity contribution in [2.45, 2.75) is 68.3 Å². The predicted molar refractivity (Wildman–Crippen MR) is 138 cm³/mol. The number of anilines is 1. The van der Waals surface area contributed by atoms with Gasteiger partial charge in [0.25, 0.3) is 5.91 Å². The van der Waals surface area contributed by atoms with Crippen LogP contribution in [0.15, 0.2) is 24.5 Å². The number of hydrogen-bond acceptors (Lipinski definition) is 10. The third kappa shape index (κ3) is 3.21. The SMILES string of the molecule is COc1cc(NC(=O)C23C[C@H]4N(CC5CC5)CC5c6c2ccc(OC(C)=O)c6O[C@H]2C(=O)CC[C@]4(O3)[C@H]52)ncn1. The van der Waals surface area contributed by atoms with Crippen molar-refractivity contribution < 1.29 is 33.3 Å². The second-order valence-electron chi connectivity index (χ2n) is 12.0. The van der Waals surface area contributed by atoms with E-state index < -0.39 is 23.3 Å². The molecule has 5 bridgehead atoms. The van der Waals surface area contributed by atoms with Crippen LogP contribution in [0.2, 0.25) is 0 Å². The van der Waals surface area contributed by atoms with Gasteiger partial charge in [-0.05, 0) is 31.2 Å². The molecule has 1 aromatic heterocycles. The molecule has 11 heteroatoms. The lowest BCUT2D eigenvalue weighted by molar-refractivity contribution is -0.203. The summed E-state index contributed by atoms with van der Waals surface area (Å²) in [5.74, 6) is 0.779. The zero-order valence-electron chi connectivity index (χ0n) is 22.3. The molecule has 4 aliphatic heterocycles. The second kappa shape index (κ2) is 8.23. The molecular weight excluding hydrogens is 516 g/mol. The quantitative estimate of drug-likeness (QED) is 0.426. The van der Waals surface area contributed by atoms with Gasteiger partial charge in [-0.15, -0.1) is 0 Å². The van der Waals surface area contributed by atoms with Gasteiger partial charge < -0.3 is 24.3 Å². The van der Waals surface area contributed by atoms with E-state index in [1.54, 1.807) is 12.1 Å². The lowest BCUT2D eigenvalue weighted by Crippen LogP contribution is -2.69. The van der Waals surface area contributed by atoms with Crippen LogP contribution < -0.4 is 19.5 Å². The summed E-state index contributed by atoms with van der Waals surface area (Å²) in [6, 6.07) is 5.01. The highest BCUT2D eigenvalue weighted by Gasteiger charge is 2.74. The van der Waals surface area contributed by atoms with E-state index in [2.05, 4.69) is 20.2 Å². The third-order valence-corrected chi connectivity index (χ3v) is 9.80. The molecular formula is C29H30N4O7. The van der Waals surface area contributed by atoms with Crippen molar-refractivity contribution >= 4 is 23.5 Å². The summed E-state index contributed by atoms with van der Waals surface area (Å²) in [6.45, 7) is 3.02. The molecule has 2 saturated heterocycles. The highest BCUT2D eigenvalue weighted by atomic mass is 16.6. The van der Waals surface area contributed by atoms with Crippen molar-refractivity contribution in [2.24, 2.45) is 11.8 Å². The topological polar surface area (TPSA) is 129 Å². The van der Waals surface area contributed by atoms with Gasteiger partial charge in [-0.2, -0.15) is 0 Å². The van der Waals surface area contributed by atoms with Gasteiger partial charge in [0.1, 0.15) is 12.1 Å². The van der Waals surface area contributed by atoms with Crippen LogP contribution in [0.3, 0.4) is 0 Å². The number of rotatable bonds is 6. The summed E-state index contributed by atoms with van der Waals surface area (Å²) in [7, 11) is 1.50. The number of esters is 1. The Kier molecular flexibility index (Phi) is 4.99. The van der Waals surface area contributed by atoms with Crippen LogP contribution in [0.25, 0.3) is 0 Å². The number of fused-ring (bicyclic) bond motifs is 2. The van der Waals surface area contributed by atoms with Gasteiger partial charge in [0.2, 0.25) is 5.88 Å². The molecule has 1 amide bonds. The van der Waals surface area contributed by atoms with Crippen molar-refractivity contribution in [3.8, 4) is 17.4 Å². The minimum absolute atomic E-state index is 0.0281. The van der Waals surface area contributed by atoms with Gasteiger partial charge in [0, 0.05) is 67.9 Å². The molecule has 1 aromatic carbocycles. The molecule has 5 heterocycles. The van der Waals surface area contributed by atoms with Gasteiger partial charge in [0.15, 0.2) is 29.0 Å². The summed E-state index contributed by atoms with van der Waals surface area (Å²) in [6.07, 6.45) is 4.31. The fourth-order valence-corrected chi connectivity index (χ4v) is 8.14. The summed E-state index contributed by atoms with van der Waals surface area (Å²) >= 11 is 0. The number of carbonyl (C=O) groups is 3. The van der Waals surface area contributed by atoms with E-state index >= 15 is 0 Å². The second-order valence-corrected chi connectivity index (χ2v) is 12.0. The Morgan fingerprint density at radius 2 is 2.10 bits per heavy atom. The van der Waals surface area contributed by atoms with E-state index in [1.165, 1.54) is 33.2 Å². The van der Waals surface area contributed by atoms with Crippen molar-refractivity contribution in [1.29, 1.82) is 0 Å². The highest BCUT2D eigenvalue weighted by Crippen LogP contribution is 2.68. The van der Waals surface area contributed by atoms with Crippen LogP contribution in [0.1, 0.15) is 56.1 Å². The van der Waals surface area contributed by atoms with E-state index in [9.17, 15) is 14.4 Å². The largest absolute Gasteiger partial charge is 0.481 e. The Bertz CT molecular complexity index is 1480. The number of carbonyl (C=O) groups excluding carboxylic acids is 3. The first-order valence-corrected chi connectivity index (χ1v) is 14.0. The Morgan fingerprint density at radius 1 is 1.25 bits per heavy atom. The van der Waals surface area contributed by atoms with E-state index in [-0.39, 0.29) is 35.3 Å². The number of hydrogen-bond donors (Lipinski definition) is 1. The molecule has 1 N–H and O–H groups in total. The number of benzene rings is 1. The first-order valence-electron chi connectivity index (χ1n) is 14.0. The number of piperidine rings is 1. The van der Waals surface area contributed by atoms with Gasteiger partial charge in [-0.3, -0.25) is 19.3 Å². The van der Waals surface area contributed by atoms with E-state index in [4.69, 9.17) is 18.9 Å². The molecule has 6 atom stereocenters. The maximum Gasteiger partial charge on any atom is 0.308 e. The normalized spacial score (nSPS) is 34.6. The number of methoxy groups -OCH3 is 1. The average Bonchev–Trinajstić information content (AvgIpc) is 3.68. The number of likely N-dealkylation sites (tertiary alicyclic amines) is 1. The number of nitrogens with one attached hydrogen (secondary N) is 1. The number of nitrogens with zero attached hydrogens (tertiary/aromatic N) is 3. The van der Waals surface area contributed by atoms with E-state index in [0.29, 0.717) is 48.2 Å². The average molecular weight is 547 g/mol. The van der Waals surface area contributed by atoms with E-state index in [0.717, 1.165) is 18.7 Å². The Morgan fingerprint density at radius 3 is 2.88 bits per heavy atom. The number of Topliss-reactive ketones (excluding diaryl/α,β-unsaturated/α-hetero) is 1. The van der Waals surface area contributed by atoms with Crippen molar-refractivity contribution in [3.05, 3.63) is 35.7 Å². The molecule has 2 aliphatic carbocycles. The molecule has 4 fully saturated rings. The maximum atomic E-state index is 14.5. The smallest absolute Gasteiger partial charge is 0.308 e. The first-order chi connectivity index (χ1) is 19.3. The lowest BCUT2D eigenvalue weighted by atomic mass is 9.57. The zero-order chi connectivity index (χ0) is 27.4. The summed E-state index contributed by atoms with van der Waals surface area (Å²) in [4.78, 5) is 50.7. The van der Waals surface area contributed by atoms with Crippen LogP contribution in [0.4, 0.5) is 5.82 Å². The number of amides is 1. The summed E-state index contributed by atoms with van der Waals surface area (Å²) < 4.78 is 24.5. The molecule has 6 aliphatic rings. The van der Waals surface area contributed by atoms with Crippen LogP contribution >= 0.6 is 0 Å². The molecule has 2 aromatic rings. The minimum Gasteiger partial charge on any atom is -0.481 e. The molecule has 40 heavy (non-hydrogen) atoms. The monoisotopic (exact) mass is 546 g/mol. The van der Waals surface area contributed by atoms with Crippen molar-refractivity contribution in [3.63, 3.8) is 0 Å². The van der Waals surface area contributed by atoms with Crippen LogP contribution in [-0.2, 0) is 24.7 Å². The maximum absolute atomic E-state index is 14.5. The Balaban J connectivity index is 1.33. The fraction of sp³-hybridized carbons (Fsp3) is 0.552. The predicted octanol–water partition coefficient (Wildman–Crippen LogP) is 2.34. The van der Waals surface area contributed by atoms with Crippen LogP contribution in [0, 0.1) is 11.8 Å². The lowest BCUT2D eigenvalue weighted by Gasteiger charge is -2.58. The number of ether oxygens (including phenoxy) is 4. The number of ketones is 1. The zero-order valence-corrected chi connectivity index (χ0v) is 22.3. The Labute approximate surface area is 230 Å². The standard InChI is InChI=1S/C29H30N4O7/c1-14(34)38-19-6-5-17-23-16-12-33(11-15-3-4-15)20-10-29(17,27(36)32-21-9-22(37-2)31-13-30-21)40-28(20)8-7-18(35)25(24(16)28)39-26(19)23/h5-6,9,13,15-16,20,24-25H,3-4,7-8,10-12H2,1-2H3,(H,30,31,32,36)/t16?,20-,24-,25+,28-,29?/m1/s1.